The van der Waals surface area contributed by atoms with Crippen LogP contribution in [-0.4, -0.2) is 51.1 Å². The summed E-state index contributed by atoms with van der Waals surface area (Å²) in [5, 5.41) is 0. The van der Waals surface area contributed by atoms with E-state index in [1.807, 2.05) is 0 Å². The van der Waals surface area contributed by atoms with E-state index in [0.29, 0.717) is 0 Å². The average molecular weight is 193 g/mol. The predicted octanol–water partition coefficient (Wildman–Crippen LogP) is -0.0553. The topological polar surface area (TPSA) is 57.5 Å². The standard InChI is InChI=1S/Ca.ClH.H2O3S2.2H/c;;1-5(2,3)4;;/h;1H;(H2,1,2,3,4);;/q+2;;;2*-1. The van der Waals surface area contributed by atoms with Crippen molar-refractivity contribution in [2.24, 2.45) is 0 Å². The van der Waals surface area contributed by atoms with Gasteiger partial charge in [0.05, 0.1) is 0 Å². The first-order chi connectivity index (χ1) is 2.00. The van der Waals surface area contributed by atoms with Crippen LogP contribution in [0.15, 0.2) is 0 Å². The van der Waals surface area contributed by atoms with E-state index in [1.165, 1.54) is 0 Å². The number of hydrogen-bond acceptors (Lipinski definition) is 2. The third-order valence-corrected chi connectivity index (χ3v) is 0. The van der Waals surface area contributed by atoms with E-state index in [1.54, 1.807) is 0 Å². The molecule has 0 aliphatic rings. The maximum absolute atomic E-state index is 9.11. The van der Waals surface area contributed by atoms with E-state index >= 15 is 0 Å². The van der Waals surface area contributed by atoms with Crippen molar-refractivity contribution in [3.63, 3.8) is 0 Å². The van der Waals surface area contributed by atoms with Crippen molar-refractivity contribution < 1.29 is 16.2 Å². The summed E-state index contributed by atoms with van der Waals surface area (Å²) in [6.07, 6.45) is 0. The van der Waals surface area contributed by atoms with Gasteiger partial charge in [-0.3, -0.25) is 9.11 Å². The molecule has 0 saturated carbocycles. The molecule has 0 aliphatic carbocycles. The third-order valence-electron chi connectivity index (χ3n) is 0. The Bertz CT molecular complexity index is 103. The van der Waals surface area contributed by atoms with Gasteiger partial charge in [-0.15, -0.1) is 12.4 Å². The summed E-state index contributed by atoms with van der Waals surface area (Å²) in [6, 6.07) is 0. The second kappa shape index (κ2) is 5.97. The summed E-state index contributed by atoms with van der Waals surface area (Å²) in [7, 11) is -3.83. The predicted molar refractivity (Wildman–Crippen MR) is 36.0 cm³/mol. The monoisotopic (exact) mass is 192 g/mol. The van der Waals surface area contributed by atoms with Gasteiger partial charge in [0.2, 0.25) is 0 Å². The van der Waals surface area contributed by atoms with Crippen LogP contribution in [0.5, 0.6) is 0 Å². The Kier molecular flexibility index (Phi) is 13.6. The summed E-state index contributed by atoms with van der Waals surface area (Å²) < 4.78 is 24.0. The van der Waals surface area contributed by atoms with Crippen molar-refractivity contribution >= 4 is 70.4 Å². The fourth-order valence-corrected chi connectivity index (χ4v) is 0. The van der Waals surface area contributed by atoms with Crippen LogP contribution in [0.4, 0.5) is 0 Å². The van der Waals surface area contributed by atoms with Crippen LogP contribution < -0.4 is 0 Å². The smallest absolute Gasteiger partial charge is 1.00 e. The molecular formula is H5CaClO3S2. The van der Waals surface area contributed by atoms with Crippen molar-refractivity contribution in [1.82, 2.24) is 0 Å². The van der Waals surface area contributed by atoms with E-state index in [-0.39, 0.29) is 53.0 Å². The maximum atomic E-state index is 9.11. The quantitative estimate of drug-likeness (QED) is 0.529. The molecule has 44 valence electrons. The molecule has 7 heavy (non-hydrogen) atoms. The molecular weight excluding hydrogens is 188 g/mol. The normalized spacial score (nSPS) is 8.29. The average Bonchev–Trinajstić information content (AvgIpc) is 0.722. The Balaban J connectivity index is -0.0000000133. The number of hydrogen-bond donors (Lipinski definition) is 2. The molecule has 0 heterocycles. The van der Waals surface area contributed by atoms with Crippen molar-refractivity contribution in [1.29, 1.82) is 0 Å². The zero-order valence-electron chi connectivity index (χ0n) is 5.23. The van der Waals surface area contributed by atoms with Crippen molar-refractivity contribution in [2.75, 3.05) is 0 Å². The van der Waals surface area contributed by atoms with E-state index in [0.717, 1.165) is 0 Å². The summed E-state index contributed by atoms with van der Waals surface area (Å²) in [5.74, 6) is 0. The molecule has 0 aromatic heterocycles. The largest absolute Gasteiger partial charge is 2.00 e. The summed E-state index contributed by atoms with van der Waals surface area (Å²) in [4.78, 5) is 0. The maximum Gasteiger partial charge on any atom is 2.00 e. The van der Waals surface area contributed by atoms with E-state index in [4.69, 9.17) is 13.3 Å². The molecule has 0 aromatic rings. The first-order valence-corrected chi connectivity index (χ1v) is 3.10. The summed E-state index contributed by atoms with van der Waals surface area (Å²) >= 11 is 3.47. The van der Waals surface area contributed by atoms with E-state index in [2.05, 4.69) is 11.2 Å². The summed E-state index contributed by atoms with van der Waals surface area (Å²) in [5.41, 5.74) is 0. The van der Waals surface area contributed by atoms with Crippen molar-refractivity contribution in [2.45, 2.75) is 0 Å². The van der Waals surface area contributed by atoms with Crippen molar-refractivity contribution in [3.8, 4) is 0 Å². The fraction of sp³-hybridized carbons (Fsp3) is 0. The molecule has 7 heteroatoms. The molecule has 0 unspecified atom stereocenters. The molecule has 0 spiro atoms. The van der Waals surface area contributed by atoms with Crippen LogP contribution in [0.3, 0.4) is 0 Å². The van der Waals surface area contributed by atoms with E-state index < -0.39 is 9.05 Å². The van der Waals surface area contributed by atoms with Gasteiger partial charge in [0.15, 0.2) is 0 Å². The zero-order valence-corrected chi connectivity index (χ0v) is 7.89. The van der Waals surface area contributed by atoms with Crippen molar-refractivity contribution in [3.05, 3.63) is 0 Å². The zero-order chi connectivity index (χ0) is 4.50. The fourth-order valence-electron chi connectivity index (χ4n) is 0. The minimum atomic E-state index is -3.83. The first kappa shape index (κ1) is 15.9. The van der Waals surface area contributed by atoms with Gasteiger partial charge in [-0.25, -0.2) is 0 Å². The third kappa shape index (κ3) is 79.0. The first-order valence-electron chi connectivity index (χ1n) is 0.698. The molecule has 0 saturated heterocycles. The van der Waals surface area contributed by atoms with Gasteiger partial charge >= 0.3 is 37.7 Å². The second-order valence-electron chi connectivity index (χ2n) is 0.448. The van der Waals surface area contributed by atoms with Crippen LogP contribution in [0, 0.1) is 0 Å². The molecule has 0 rings (SSSR count). The molecule has 0 bridgehead atoms. The van der Waals surface area contributed by atoms with Gasteiger partial charge in [0.25, 0.3) is 9.05 Å². The van der Waals surface area contributed by atoms with Crippen LogP contribution in [-0.2, 0) is 20.2 Å². The molecule has 0 aromatic carbocycles. The molecule has 2 N–H and O–H groups in total. The molecule has 3 nitrogen and oxygen atoms in total. The van der Waals surface area contributed by atoms with Crippen LogP contribution in [0.1, 0.15) is 2.85 Å². The molecule has 0 fully saturated rings. The Morgan fingerprint density at radius 3 is 1.57 bits per heavy atom. The molecule has 0 radical (unpaired) electrons. The Morgan fingerprint density at radius 1 is 1.57 bits per heavy atom. The van der Waals surface area contributed by atoms with Gasteiger partial charge in [-0.05, 0) is 0 Å². The molecule has 0 aliphatic heterocycles. The van der Waals surface area contributed by atoms with E-state index in [9.17, 15) is 0 Å². The number of halogens is 1. The Labute approximate surface area is 85.6 Å². The van der Waals surface area contributed by atoms with Gasteiger partial charge in [0.1, 0.15) is 0 Å². The SMILES string of the molecule is Cl.O=S(O)(O)=S.[Ca+2].[H-].[H-]. The second-order valence-corrected chi connectivity index (χ2v) is 2.65. The molecule has 0 atom stereocenters. The van der Waals surface area contributed by atoms with Crippen LogP contribution >= 0.6 is 12.4 Å². The van der Waals surface area contributed by atoms with Gasteiger partial charge in [-0.1, -0.05) is 0 Å². The Hall–Kier alpha value is 1.84. The molecule has 0 amide bonds. The van der Waals surface area contributed by atoms with Crippen LogP contribution in [0.25, 0.3) is 0 Å². The Morgan fingerprint density at radius 2 is 1.57 bits per heavy atom. The van der Waals surface area contributed by atoms with Gasteiger partial charge in [0, 0.05) is 11.2 Å². The summed E-state index contributed by atoms with van der Waals surface area (Å²) in [6.45, 7) is 0. The minimum absolute atomic E-state index is 0. The van der Waals surface area contributed by atoms with Gasteiger partial charge in [-0.2, -0.15) is 4.21 Å². The van der Waals surface area contributed by atoms with Gasteiger partial charge < -0.3 is 2.85 Å². The number of rotatable bonds is 0. The van der Waals surface area contributed by atoms with Crippen LogP contribution in [0.2, 0.25) is 0 Å². The minimum Gasteiger partial charge on any atom is -1.00 e.